The molecule has 0 aliphatic rings. The van der Waals surface area contributed by atoms with Crippen LogP contribution in [0, 0.1) is 0 Å². The van der Waals surface area contributed by atoms with Gasteiger partial charge in [0.25, 0.3) is 0 Å². The van der Waals surface area contributed by atoms with E-state index in [1.807, 2.05) is 30.3 Å². The number of hydrogen-bond acceptors (Lipinski definition) is 10. The van der Waals surface area contributed by atoms with Gasteiger partial charge in [-0.2, -0.15) is 4.98 Å². The number of aromatic amines is 1. The summed E-state index contributed by atoms with van der Waals surface area (Å²) in [5.41, 5.74) is 15.4. The minimum absolute atomic E-state index is 0.102. The number of carbonyl (C=O) groups excluding carboxylic acids is 1. The summed E-state index contributed by atoms with van der Waals surface area (Å²) in [7, 11) is 7.94. The molecule has 208 valence electrons. The quantitative estimate of drug-likeness (QED) is 0.258. The third-order valence-electron chi connectivity index (χ3n) is 6.57. The Hall–Kier alpha value is -5.13. The fourth-order valence-corrected chi connectivity index (χ4v) is 4.56. The minimum atomic E-state index is -0.513. The zero-order chi connectivity index (χ0) is 28.6. The van der Waals surface area contributed by atoms with Crippen LogP contribution in [0.15, 0.2) is 40.9 Å². The Labute approximate surface area is 229 Å². The number of furan rings is 1. The topological polar surface area (TPSA) is 164 Å². The molecule has 0 bridgehead atoms. The monoisotopic (exact) mass is 546 g/mol. The van der Waals surface area contributed by atoms with Crippen LogP contribution in [0.3, 0.4) is 0 Å². The lowest BCUT2D eigenvalue weighted by Gasteiger charge is -2.12. The number of nitrogen functional groups attached to an aromatic ring is 2. The van der Waals surface area contributed by atoms with Gasteiger partial charge in [0.05, 0.1) is 21.3 Å². The number of carbonyl (C=O) groups is 1. The number of methoxy groups -OCH3 is 3. The molecule has 0 saturated carbocycles. The average Bonchev–Trinajstić information content (AvgIpc) is 3.51. The van der Waals surface area contributed by atoms with Crippen molar-refractivity contribution in [3.05, 3.63) is 59.0 Å². The van der Waals surface area contributed by atoms with Gasteiger partial charge >= 0.3 is 6.09 Å². The molecule has 40 heavy (non-hydrogen) atoms. The van der Waals surface area contributed by atoms with E-state index in [0.29, 0.717) is 58.7 Å². The Morgan fingerprint density at radius 2 is 1.80 bits per heavy atom. The van der Waals surface area contributed by atoms with Gasteiger partial charge in [-0.15, -0.1) is 0 Å². The van der Waals surface area contributed by atoms with Gasteiger partial charge in [-0.1, -0.05) is 0 Å². The Morgan fingerprint density at radius 1 is 1.00 bits per heavy atom. The summed E-state index contributed by atoms with van der Waals surface area (Å²) in [5, 5.41) is 1.63. The first-order valence-electron chi connectivity index (χ1n) is 12.3. The summed E-state index contributed by atoms with van der Waals surface area (Å²) in [6.45, 7) is 0. The number of hydrogen-bond donors (Lipinski definition) is 3. The summed E-state index contributed by atoms with van der Waals surface area (Å²) in [5.74, 6) is 2.94. The van der Waals surface area contributed by atoms with E-state index in [1.54, 1.807) is 41.6 Å². The lowest BCUT2D eigenvalue weighted by atomic mass is 10.0. The smallest absolute Gasteiger partial charge is 0.415 e. The predicted molar refractivity (Wildman–Crippen MR) is 150 cm³/mol. The highest BCUT2D eigenvalue weighted by molar-refractivity contribution is 5.91. The van der Waals surface area contributed by atoms with Crippen LogP contribution in [0.1, 0.15) is 22.5 Å². The van der Waals surface area contributed by atoms with Crippen molar-refractivity contribution in [1.82, 2.24) is 19.9 Å². The van der Waals surface area contributed by atoms with Gasteiger partial charge in [0.1, 0.15) is 17.3 Å². The first-order chi connectivity index (χ1) is 19.2. The van der Waals surface area contributed by atoms with Crippen LogP contribution in [-0.2, 0) is 12.8 Å². The van der Waals surface area contributed by atoms with Crippen LogP contribution in [0.5, 0.6) is 23.1 Å². The number of aromatic nitrogens is 3. The molecule has 5 aromatic rings. The molecule has 5 rings (SSSR count). The van der Waals surface area contributed by atoms with Gasteiger partial charge in [0.2, 0.25) is 17.6 Å². The number of anilines is 2. The Kier molecular flexibility index (Phi) is 6.99. The molecule has 3 aromatic heterocycles. The Balaban J connectivity index is 1.64. The van der Waals surface area contributed by atoms with E-state index in [9.17, 15) is 4.79 Å². The van der Waals surface area contributed by atoms with Crippen molar-refractivity contribution >= 4 is 39.7 Å². The number of H-pyrrole nitrogens is 1. The third kappa shape index (κ3) is 4.86. The van der Waals surface area contributed by atoms with Gasteiger partial charge in [-0.3, -0.25) is 0 Å². The van der Waals surface area contributed by atoms with Crippen LogP contribution in [0.25, 0.3) is 21.9 Å². The van der Waals surface area contributed by atoms with Crippen molar-refractivity contribution in [2.45, 2.75) is 12.8 Å². The molecular formula is C28H30N6O6. The SMILES string of the molecule is COc1ccc2[nH]c(OC(=O)N(C)C)c(Cc3cc4c(Cc5cnc(N)nc5N)cc(OC)c(OC)c4o3)c2c1. The van der Waals surface area contributed by atoms with Crippen molar-refractivity contribution in [3.63, 3.8) is 0 Å². The molecule has 0 radical (unpaired) electrons. The summed E-state index contributed by atoms with van der Waals surface area (Å²) in [6.07, 6.45) is 1.79. The lowest BCUT2D eigenvalue weighted by Crippen LogP contribution is -2.25. The van der Waals surface area contributed by atoms with Crippen LogP contribution in [0.2, 0.25) is 0 Å². The normalized spacial score (nSPS) is 11.1. The number of nitrogens with one attached hydrogen (secondary N) is 1. The van der Waals surface area contributed by atoms with E-state index in [4.69, 9.17) is 34.8 Å². The van der Waals surface area contributed by atoms with Crippen LogP contribution in [-0.4, -0.2) is 61.4 Å². The summed E-state index contributed by atoms with van der Waals surface area (Å²) in [4.78, 5) is 25.2. The number of nitrogens with zero attached hydrogens (tertiary/aromatic N) is 3. The van der Waals surface area contributed by atoms with E-state index in [-0.39, 0.29) is 5.95 Å². The van der Waals surface area contributed by atoms with Crippen molar-refractivity contribution < 1.29 is 28.2 Å². The van der Waals surface area contributed by atoms with Crippen LogP contribution >= 0.6 is 0 Å². The van der Waals surface area contributed by atoms with Gasteiger partial charge in [-0.25, -0.2) is 9.78 Å². The predicted octanol–water partition coefficient (Wildman–Crippen LogP) is 4.14. The van der Waals surface area contributed by atoms with Crippen LogP contribution < -0.4 is 30.4 Å². The van der Waals surface area contributed by atoms with Gasteiger partial charge in [-0.05, 0) is 35.9 Å². The fraction of sp³-hybridized carbons (Fsp3) is 0.250. The van der Waals surface area contributed by atoms with E-state index in [1.165, 1.54) is 4.90 Å². The van der Waals surface area contributed by atoms with E-state index < -0.39 is 6.09 Å². The second kappa shape index (κ2) is 10.6. The van der Waals surface area contributed by atoms with Crippen molar-refractivity contribution in [1.29, 1.82) is 0 Å². The molecule has 12 nitrogen and oxygen atoms in total. The van der Waals surface area contributed by atoms with Crippen molar-refractivity contribution in [2.24, 2.45) is 0 Å². The third-order valence-corrected chi connectivity index (χ3v) is 6.57. The maximum absolute atomic E-state index is 12.5. The van der Waals surface area contributed by atoms with E-state index >= 15 is 0 Å². The molecule has 0 aliphatic heterocycles. The molecule has 0 atom stereocenters. The maximum atomic E-state index is 12.5. The lowest BCUT2D eigenvalue weighted by molar-refractivity contribution is 0.170. The largest absolute Gasteiger partial charge is 0.497 e. The summed E-state index contributed by atoms with van der Waals surface area (Å²) >= 11 is 0. The number of rotatable bonds is 8. The fourth-order valence-electron chi connectivity index (χ4n) is 4.56. The number of nitrogens with two attached hydrogens (primary N) is 2. The highest BCUT2D eigenvalue weighted by Gasteiger charge is 2.23. The molecule has 12 heteroatoms. The molecule has 5 N–H and O–H groups in total. The standard InChI is InChI=1S/C28H30N6O6/c1-34(2)28(35)40-26-20(19-10-16(36-3)6-7-21(19)32-26)12-17-11-18-14(8-15-13-31-27(30)33-25(15)29)9-22(37-4)24(38-5)23(18)39-17/h6-7,9-11,13,32H,8,12H2,1-5H3,(H4,29,30,31,33). The molecule has 0 saturated heterocycles. The summed E-state index contributed by atoms with van der Waals surface area (Å²) in [6, 6.07) is 9.39. The Bertz CT molecular complexity index is 1720. The van der Waals surface area contributed by atoms with E-state index in [0.717, 1.165) is 27.4 Å². The highest BCUT2D eigenvalue weighted by Crippen LogP contribution is 2.42. The molecule has 1 amide bonds. The molecule has 0 fully saturated rings. The second-order valence-corrected chi connectivity index (χ2v) is 9.33. The van der Waals surface area contributed by atoms with Crippen molar-refractivity contribution in [2.75, 3.05) is 46.9 Å². The first kappa shape index (κ1) is 26.5. The number of benzene rings is 2. The zero-order valence-electron chi connectivity index (χ0n) is 22.8. The summed E-state index contributed by atoms with van der Waals surface area (Å²) < 4.78 is 28.8. The first-order valence-corrected chi connectivity index (χ1v) is 12.3. The molecule has 0 unspecified atom stereocenters. The minimum Gasteiger partial charge on any atom is -0.497 e. The number of fused-ring (bicyclic) bond motifs is 2. The zero-order valence-corrected chi connectivity index (χ0v) is 22.8. The van der Waals surface area contributed by atoms with Crippen LogP contribution in [0.4, 0.5) is 16.6 Å². The molecular weight excluding hydrogens is 516 g/mol. The van der Waals surface area contributed by atoms with Crippen molar-refractivity contribution in [3.8, 4) is 23.1 Å². The second-order valence-electron chi connectivity index (χ2n) is 9.33. The molecule has 0 aliphatic carbocycles. The molecule has 0 spiro atoms. The van der Waals surface area contributed by atoms with E-state index in [2.05, 4.69) is 15.0 Å². The number of amides is 1. The maximum Gasteiger partial charge on any atom is 0.415 e. The Morgan fingerprint density at radius 3 is 2.48 bits per heavy atom. The highest BCUT2D eigenvalue weighted by atomic mass is 16.6. The average molecular weight is 547 g/mol. The molecule has 3 heterocycles. The number of ether oxygens (including phenoxy) is 4. The molecule has 2 aromatic carbocycles. The van der Waals surface area contributed by atoms with Gasteiger partial charge in [0, 0.05) is 60.5 Å². The van der Waals surface area contributed by atoms with Gasteiger partial charge < -0.3 is 44.7 Å². The van der Waals surface area contributed by atoms with Gasteiger partial charge in [0.15, 0.2) is 11.3 Å².